The number of hydrogen-bond acceptors (Lipinski definition) is 4. The molecule has 3 rings (SSSR count). The molecule has 1 aliphatic carbocycles. The molecule has 4 heteroatoms. The molecule has 0 saturated carbocycles. The third-order valence-electron chi connectivity index (χ3n) is 3.12. The van der Waals surface area contributed by atoms with Crippen LogP contribution in [0.25, 0.3) is 22.6 Å². The zero-order valence-electron chi connectivity index (χ0n) is 10.9. The van der Waals surface area contributed by atoms with E-state index in [2.05, 4.69) is 16.2 Å². The van der Waals surface area contributed by atoms with Gasteiger partial charge in [-0.1, -0.05) is 0 Å². The van der Waals surface area contributed by atoms with E-state index in [1.165, 1.54) is 12.1 Å². The van der Waals surface area contributed by atoms with Crippen molar-refractivity contribution in [3.8, 4) is 23.8 Å². The maximum Gasteiger partial charge on any atom is 0.182 e. The van der Waals surface area contributed by atoms with Crippen molar-refractivity contribution in [2.75, 3.05) is 12.4 Å². The van der Waals surface area contributed by atoms with Crippen LogP contribution in [-0.2, 0) is 6.42 Å². The Bertz CT molecular complexity index is 859. The minimum Gasteiger partial charge on any atom is -0.453 e. The molecule has 0 bridgehead atoms. The summed E-state index contributed by atoms with van der Waals surface area (Å²) in [6, 6.07) is 8.58. The Balaban J connectivity index is 2.35. The molecule has 0 amide bonds. The highest BCUT2D eigenvalue weighted by Crippen LogP contribution is 2.28. The minimum absolute atomic E-state index is 0.127. The molecule has 0 aromatic heterocycles. The van der Waals surface area contributed by atoms with Crippen LogP contribution in [-0.4, -0.2) is 12.0 Å². The second-order valence-corrected chi connectivity index (χ2v) is 4.46. The summed E-state index contributed by atoms with van der Waals surface area (Å²) in [5, 5.41) is 3.03. The molecule has 2 aliphatic rings. The van der Waals surface area contributed by atoms with Crippen LogP contribution >= 0.6 is 0 Å². The van der Waals surface area contributed by atoms with Crippen molar-refractivity contribution >= 4 is 16.8 Å². The first kappa shape index (κ1) is 12.2. The summed E-state index contributed by atoms with van der Waals surface area (Å²) in [5.74, 6) is 3.00. The molecule has 1 aromatic carbocycles. The van der Waals surface area contributed by atoms with Gasteiger partial charge in [-0.05, 0) is 23.8 Å². The number of rotatable bonds is 2. The Morgan fingerprint density at radius 2 is 2.20 bits per heavy atom. The summed E-state index contributed by atoms with van der Waals surface area (Å²) in [4.78, 5) is 16.2. The van der Waals surface area contributed by atoms with Gasteiger partial charge in [0.25, 0.3) is 0 Å². The first-order valence-corrected chi connectivity index (χ1v) is 6.20. The van der Waals surface area contributed by atoms with Crippen LogP contribution in [0.2, 0.25) is 0 Å². The van der Waals surface area contributed by atoms with Crippen molar-refractivity contribution in [2.24, 2.45) is 0 Å². The standard InChI is InChI=1S/C16H12N2O2/c1-3-4-10-7-12(19)9-15-16(10)18-13-6-5-11(17-2)8-14(13)20-15/h1,5-9,17H,4H2,2H3. The number of hydrogen-bond donors (Lipinski definition) is 1. The maximum absolute atomic E-state index is 11.7. The summed E-state index contributed by atoms with van der Waals surface area (Å²) in [7, 11) is 1.83. The van der Waals surface area contributed by atoms with E-state index in [4.69, 9.17) is 10.8 Å². The Morgan fingerprint density at radius 1 is 1.35 bits per heavy atom. The topological polar surface area (TPSA) is 55.1 Å². The molecule has 0 atom stereocenters. The van der Waals surface area contributed by atoms with Crippen molar-refractivity contribution in [3.63, 3.8) is 0 Å². The molecule has 98 valence electrons. The van der Waals surface area contributed by atoms with E-state index in [0.29, 0.717) is 23.5 Å². The highest BCUT2D eigenvalue weighted by molar-refractivity contribution is 5.80. The fourth-order valence-corrected chi connectivity index (χ4v) is 2.17. The predicted molar refractivity (Wildman–Crippen MR) is 79.0 cm³/mol. The molecule has 0 unspecified atom stereocenters. The predicted octanol–water partition coefficient (Wildman–Crippen LogP) is 2.51. The molecular formula is C16H12N2O2. The summed E-state index contributed by atoms with van der Waals surface area (Å²) < 4.78 is 5.79. The molecule has 1 aromatic rings. The van der Waals surface area contributed by atoms with Gasteiger partial charge in [0.1, 0.15) is 11.2 Å². The molecular weight excluding hydrogens is 252 g/mol. The van der Waals surface area contributed by atoms with Crippen LogP contribution in [0.1, 0.15) is 5.56 Å². The third-order valence-corrected chi connectivity index (χ3v) is 3.12. The smallest absolute Gasteiger partial charge is 0.182 e. The van der Waals surface area contributed by atoms with E-state index >= 15 is 0 Å². The normalized spacial score (nSPS) is 10.6. The van der Waals surface area contributed by atoms with Crippen LogP contribution in [0.15, 0.2) is 39.5 Å². The van der Waals surface area contributed by atoms with Crippen LogP contribution < -0.4 is 10.7 Å². The SMILES string of the molecule is C#CCc1cc(=O)cc2oc3cc(NC)ccc3nc1-2. The summed E-state index contributed by atoms with van der Waals surface area (Å²) in [5.41, 5.74) is 3.52. The summed E-state index contributed by atoms with van der Waals surface area (Å²) in [6.07, 6.45) is 5.69. The number of nitrogens with zero attached hydrogens (tertiary/aromatic N) is 1. The number of benzene rings is 2. The molecule has 1 heterocycles. The van der Waals surface area contributed by atoms with Gasteiger partial charge in [-0.15, -0.1) is 12.3 Å². The van der Waals surface area contributed by atoms with Gasteiger partial charge in [0, 0.05) is 31.3 Å². The van der Waals surface area contributed by atoms with Gasteiger partial charge in [-0.3, -0.25) is 4.79 Å². The Labute approximate surface area is 115 Å². The fourth-order valence-electron chi connectivity index (χ4n) is 2.17. The van der Waals surface area contributed by atoms with Gasteiger partial charge in [0.05, 0.1) is 0 Å². The van der Waals surface area contributed by atoms with Crippen molar-refractivity contribution in [2.45, 2.75) is 6.42 Å². The number of anilines is 1. The molecule has 0 fully saturated rings. The summed E-state index contributed by atoms with van der Waals surface area (Å²) in [6.45, 7) is 0. The Kier molecular flexibility index (Phi) is 2.88. The number of terminal acetylenes is 1. The van der Waals surface area contributed by atoms with E-state index in [-0.39, 0.29) is 5.43 Å². The van der Waals surface area contributed by atoms with Crippen LogP contribution in [0.4, 0.5) is 5.69 Å². The van der Waals surface area contributed by atoms with Crippen molar-refractivity contribution < 1.29 is 4.42 Å². The van der Waals surface area contributed by atoms with Gasteiger partial charge < -0.3 is 9.73 Å². The molecule has 0 spiro atoms. The minimum atomic E-state index is -0.127. The van der Waals surface area contributed by atoms with Crippen molar-refractivity contribution in [3.05, 3.63) is 46.1 Å². The quantitative estimate of drug-likeness (QED) is 0.571. The lowest BCUT2D eigenvalue weighted by Gasteiger charge is -2.10. The zero-order chi connectivity index (χ0) is 14.1. The Hall–Kier alpha value is -2.80. The highest BCUT2D eigenvalue weighted by atomic mass is 16.3. The lowest BCUT2D eigenvalue weighted by atomic mass is 10.1. The average molecular weight is 264 g/mol. The zero-order valence-corrected chi connectivity index (χ0v) is 10.9. The van der Waals surface area contributed by atoms with Crippen LogP contribution in [0, 0.1) is 12.3 Å². The lowest BCUT2D eigenvalue weighted by molar-refractivity contribution is 0.611. The first-order chi connectivity index (χ1) is 9.71. The van der Waals surface area contributed by atoms with Gasteiger partial charge in [-0.25, -0.2) is 4.98 Å². The second kappa shape index (κ2) is 4.71. The molecule has 20 heavy (non-hydrogen) atoms. The van der Waals surface area contributed by atoms with E-state index < -0.39 is 0 Å². The molecule has 4 nitrogen and oxygen atoms in total. The molecule has 1 aliphatic heterocycles. The third kappa shape index (κ3) is 1.99. The van der Waals surface area contributed by atoms with E-state index in [9.17, 15) is 4.79 Å². The highest BCUT2D eigenvalue weighted by Gasteiger charge is 2.14. The van der Waals surface area contributed by atoms with Gasteiger partial charge >= 0.3 is 0 Å². The van der Waals surface area contributed by atoms with Gasteiger partial charge in [-0.2, -0.15) is 0 Å². The van der Waals surface area contributed by atoms with Gasteiger partial charge in [0.15, 0.2) is 16.8 Å². The van der Waals surface area contributed by atoms with Crippen molar-refractivity contribution in [1.82, 2.24) is 4.98 Å². The van der Waals surface area contributed by atoms with E-state index in [1.807, 2.05) is 25.2 Å². The monoisotopic (exact) mass is 264 g/mol. The van der Waals surface area contributed by atoms with Crippen LogP contribution in [0.3, 0.4) is 0 Å². The summed E-state index contributed by atoms with van der Waals surface area (Å²) >= 11 is 0. The van der Waals surface area contributed by atoms with E-state index in [1.54, 1.807) is 0 Å². The first-order valence-electron chi connectivity index (χ1n) is 6.20. The number of fused-ring (bicyclic) bond motifs is 2. The van der Waals surface area contributed by atoms with Crippen LogP contribution in [0.5, 0.6) is 0 Å². The maximum atomic E-state index is 11.7. The van der Waals surface area contributed by atoms with E-state index in [0.717, 1.165) is 16.8 Å². The molecule has 0 radical (unpaired) electrons. The average Bonchev–Trinajstić information content (AvgIpc) is 2.45. The fraction of sp³-hybridized carbons (Fsp3) is 0.125. The number of aromatic nitrogens is 1. The largest absolute Gasteiger partial charge is 0.453 e. The number of nitrogens with one attached hydrogen (secondary N) is 1. The lowest BCUT2D eigenvalue weighted by Crippen LogP contribution is -2.05. The second-order valence-electron chi connectivity index (χ2n) is 4.46. The van der Waals surface area contributed by atoms with Crippen molar-refractivity contribution in [1.29, 1.82) is 0 Å². The molecule has 0 saturated heterocycles. The Morgan fingerprint density at radius 3 is 2.95 bits per heavy atom. The molecule has 1 N–H and O–H groups in total. The van der Waals surface area contributed by atoms with Gasteiger partial charge in [0.2, 0.25) is 0 Å².